The van der Waals surface area contributed by atoms with E-state index in [9.17, 15) is 10.1 Å². The van der Waals surface area contributed by atoms with E-state index < -0.39 is 4.92 Å². The Morgan fingerprint density at radius 2 is 1.95 bits per heavy atom. The minimum atomic E-state index is -0.400. The van der Waals surface area contributed by atoms with Crippen LogP contribution in [0.25, 0.3) is 0 Å². The molecule has 0 radical (unpaired) electrons. The highest BCUT2D eigenvalue weighted by molar-refractivity contribution is 7.80. The summed E-state index contributed by atoms with van der Waals surface area (Å²) in [6.07, 6.45) is 1.01. The molecular formula is C12H18N4O2S. The molecule has 1 aromatic rings. The third-order valence-corrected chi connectivity index (χ3v) is 2.65. The van der Waals surface area contributed by atoms with Crippen LogP contribution in [0.4, 0.5) is 11.4 Å². The van der Waals surface area contributed by atoms with Crippen LogP contribution in [-0.2, 0) is 0 Å². The SMILES string of the molecule is CCCNC(=S)NCCNc1ccccc1[N+](=O)[O-]. The van der Waals surface area contributed by atoms with Gasteiger partial charge in [-0.15, -0.1) is 0 Å². The van der Waals surface area contributed by atoms with Crippen LogP contribution in [0.3, 0.4) is 0 Å². The number of para-hydroxylation sites is 2. The van der Waals surface area contributed by atoms with Crippen LogP contribution in [0.2, 0.25) is 0 Å². The lowest BCUT2D eigenvalue weighted by molar-refractivity contribution is -0.384. The number of hydrogen-bond donors (Lipinski definition) is 3. The first-order valence-corrected chi connectivity index (χ1v) is 6.55. The summed E-state index contributed by atoms with van der Waals surface area (Å²) in [7, 11) is 0. The van der Waals surface area contributed by atoms with Gasteiger partial charge in [0.25, 0.3) is 5.69 Å². The molecule has 0 fully saturated rings. The summed E-state index contributed by atoms with van der Waals surface area (Å²) in [6.45, 7) is 4.05. The van der Waals surface area contributed by atoms with Crippen molar-refractivity contribution in [3.8, 4) is 0 Å². The van der Waals surface area contributed by atoms with Gasteiger partial charge in [0.15, 0.2) is 5.11 Å². The van der Waals surface area contributed by atoms with Crippen molar-refractivity contribution < 1.29 is 4.92 Å². The van der Waals surface area contributed by atoms with Crippen LogP contribution in [0, 0.1) is 10.1 Å². The van der Waals surface area contributed by atoms with Crippen molar-refractivity contribution in [2.75, 3.05) is 25.0 Å². The average Bonchev–Trinajstić information content (AvgIpc) is 2.41. The smallest absolute Gasteiger partial charge is 0.292 e. The zero-order valence-corrected chi connectivity index (χ0v) is 11.6. The molecule has 1 aromatic carbocycles. The fraction of sp³-hybridized carbons (Fsp3) is 0.417. The van der Waals surface area contributed by atoms with Crippen LogP contribution in [0.1, 0.15) is 13.3 Å². The Morgan fingerprint density at radius 3 is 2.63 bits per heavy atom. The number of hydrogen-bond acceptors (Lipinski definition) is 4. The van der Waals surface area contributed by atoms with E-state index in [1.807, 2.05) is 0 Å². The Balaban J connectivity index is 2.33. The van der Waals surface area contributed by atoms with Gasteiger partial charge in [-0.1, -0.05) is 19.1 Å². The van der Waals surface area contributed by atoms with Crippen LogP contribution in [-0.4, -0.2) is 29.7 Å². The Morgan fingerprint density at radius 1 is 1.26 bits per heavy atom. The monoisotopic (exact) mass is 282 g/mol. The van der Waals surface area contributed by atoms with Gasteiger partial charge in [-0.05, 0) is 24.7 Å². The first-order valence-electron chi connectivity index (χ1n) is 6.14. The standard InChI is InChI=1S/C12H18N4O2S/c1-2-7-14-12(19)15-9-8-13-10-5-3-4-6-11(10)16(17)18/h3-6,13H,2,7-9H2,1H3,(H2,14,15,19). The number of benzene rings is 1. The van der Waals surface area contributed by atoms with Gasteiger partial charge >= 0.3 is 0 Å². The Hall–Kier alpha value is -1.89. The fourth-order valence-corrected chi connectivity index (χ4v) is 1.66. The molecule has 0 saturated carbocycles. The van der Waals surface area contributed by atoms with E-state index in [0.717, 1.165) is 13.0 Å². The molecule has 0 bridgehead atoms. The predicted molar refractivity (Wildman–Crippen MR) is 80.5 cm³/mol. The van der Waals surface area contributed by atoms with E-state index in [4.69, 9.17) is 12.2 Å². The fourth-order valence-electron chi connectivity index (χ4n) is 1.46. The Labute approximate surface area is 117 Å². The normalized spacial score (nSPS) is 9.74. The first-order chi connectivity index (χ1) is 9.15. The molecule has 0 spiro atoms. The minimum Gasteiger partial charge on any atom is -0.378 e. The summed E-state index contributed by atoms with van der Waals surface area (Å²) in [4.78, 5) is 10.4. The number of rotatable bonds is 7. The zero-order chi connectivity index (χ0) is 14.1. The zero-order valence-electron chi connectivity index (χ0n) is 10.8. The molecule has 3 N–H and O–H groups in total. The summed E-state index contributed by atoms with van der Waals surface area (Å²) in [6, 6.07) is 6.57. The van der Waals surface area contributed by atoms with Crippen LogP contribution >= 0.6 is 12.2 Å². The summed E-state index contributed by atoms with van der Waals surface area (Å²) < 4.78 is 0. The summed E-state index contributed by atoms with van der Waals surface area (Å²) in [5.74, 6) is 0. The van der Waals surface area contributed by atoms with Gasteiger partial charge in [0, 0.05) is 25.7 Å². The number of nitrogens with zero attached hydrogens (tertiary/aromatic N) is 1. The lowest BCUT2D eigenvalue weighted by Crippen LogP contribution is -2.38. The molecule has 6 nitrogen and oxygen atoms in total. The van der Waals surface area contributed by atoms with Crippen LogP contribution in [0.5, 0.6) is 0 Å². The van der Waals surface area contributed by atoms with Crippen molar-refractivity contribution in [1.29, 1.82) is 0 Å². The van der Waals surface area contributed by atoms with Crippen molar-refractivity contribution in [3.63, 3.8) is 0 Å². The van der Waals surface area contributed by atoms with Gasteiger partial charge in [0.1, 0.15) is 5.69 Å². The van der Waals surface area contributed by atoms with E-state index >= 15 is 0 Å². The summed E-state index contributed by atoms with van der Waals surface area (Å²) in [5, 5.41) is 20.5. The number of anilines is 1. The quantitative estimate of drug-likeness (QED) is 0.307. The number of nitro benzene ring substituents is 1. The van der Waals surface area contributed by atoms with Crippen molar-refractivity contribution in [1.82, 2.24) is 10.6 Å². The molecule has 0 aliphatic carbocycles. The second kappa shape index (κ2) is 8.25. The first kappa shape index (κ1) is 15.2. The molecule has 0 saturated heterocycles. The highest BCUT2D eigenvalue weighted by atomic mass is 32.1. The number of thiocarbonyl (C=S) groups is 1. The third kappa shape index (κ3) is 5.52. The molecule has 0 atom stereocenters. The number of nitrogens with one attached hydrogen (secondary N) is 3. The average molecular weight is 282 g/mol. The van der Waals surface area contributed by atoms with E-state index in [1.165, 1.54) is 6.07 Å². The highest BCUT2D eigenvalue weighted by Crippen LogP contribution is 2.22. The lowest BCUT2D eigenvalue weighted by atomic mass is 10.2. The number of nitro groups is 1. The van der Waals surface area contributed by atoms with E-state index in [1.54, 1.807) is 18.2 Å². The molecule has 0 unspecified atom stereocenters. The maximum absolute atomic E-state index is 10.8. The predicted octanol–water partition coefficient (Wildman–Crippen LogP) is 1.88. The highest BCUT2D eigenvalue weighted by Gasteiger charge is 2.10. The van der Waals surface area contributed by atoms with Crippen molar-refractivity contribution in [2.24, 2.45) is 0 Å². The summed E-state index contributed by atoms with van der Waals surface area (Å²) in [5.41, 5.74) is 0.593. The topological polar surface area (TPSA) is 79.2 Å². The molecule has 7 heteroatoms. The van der Waals surface area contributed by atoms with Crippen LogP contribution < -0.4 is 16.0 Å². The molecule has 0 aliphatic heterocycles. The van der Waals surface area contributed by atoms with Gasteiger partial charge in [0.2, 0.25) is 0 Å². The van der Waals surface area contributed by atoms with Crippen molar-refractivity contribution in [2.45, 2.75) is 13.3 Å². The van der Waals surface area contributed by atoms with Gasteiger partial charge in [0.05, 0.1) is 4.92 Å². The van der Waals surface area contributed by atoms with Gasteiger partial charge in [-0.3, -0.25) is 10.1 Å². The molecule has 0 amide bonds. The molecular weight excluding hydrogens is 264 g/mol. The van der Waals surface area contributed by atoms with Gasteiger partial charge < -0.3 is 16.0 Å². The second-order valence-corrected chi connectivity index (χ2v) is 4.29. The Bertz CT molecular complexity index is 439. The maximum Gasteiger partial charge on any atom is 0.292 e. The minimum absolute atomic E-state index is 0.0779. The molecule has 0 aliphatic rings. The van der Waals surface area contributed by atoms with Crippen molar-refractivity contribution in [3.05, 3.63) is 34.4 Å². The second-order valence-electron chi connectivity index (χ2n) is 3.88. The molecule has 0 aromatic heterocycles. The van der Waals surface area contributed by atoms with Crippen molar-refractivity contribution >= 4 is 28.7 Å². The molecule has 104 valence electrons. The molecule has 19 heavy (non-hydrogen) atoms. The third-order valence-electron chi connectivity index (χ3n) is 2.36. The van der Waals surface area contributed by atoms with Gasteiger partial charge in [-0.25, -0.2) is 0 Å². The Kier molecular flexibility index (Phi) is 6.59. The van der Waals surface area contributed by atoms with Gasteiger partial charge in [-0.2, -0.15) is 0 Å². The molecule has 1 rings (SSSR count). The maximum atomic E-state index is 10.8. The largest absolute Gasteiger partial charge is 0.378 e. The van der Waals surface area contributed by atoms with Crippen LogP contribution in [0.15, 0.2) is 24.3 Å². The molecule has 0 heterocycles. The summed E-state index contributed by atoms with van der Waals surface area (Å²) >= 11 is 5.06. The lowest BCUT2D eigenvalue weighted by Gasteiger charge is -2.11. The van der Waals surface area contributed by atoms with E-state index in [-0.39, 0.29) is 5.69 Å². The van der Waals surface area contributed by atoms with E-state index in [0.29, 0.717) is 23.9 Å². The van der Waals surface area contributed by atoms with E-state index in [2.05, 4.69) is 22.9 Å².